The van der Waals surface area contributed by atoms with Crippen LogP contribution in [0.3, 0.4) is 0 Å². The van der Waals surface area contributed by atoms with Crippen LogP contribution in [0.1, 0.15) is 39.5 Å². The van der Waals surface area contributed by atoms with Crippen LogP contribution in [0.4, 0.5) is 0 Å². The van der Waals surface area contributed by atoms with Crippen LogP contribution in [-0.2, 0) is 4.79 Å². The molecule has 2 atom stereocenters. The molecule has 1 amide bonds. The van der Waals surface area contributed by atoms with E-state index in [-0.39, 0.29) is 5.92 Å². The highest BCUT2D eigenvalue weighted by Gasteiger charge is 2.43. The molecule has 0 radical (unpaired) electrons. The molecule has 0 saturated carbocycles. The van der Waals surface area contributed by atoms with Gasteiger partial charge in [0.05, 0.1) is 0 Å². The Hall–Kier alpha value is -0.180. The number of amides is 1. The molecule has 2 aliphatic rings. The predicted octanol–water partition coefficient (Wildman–Crippen LogP) is 2.53. The number of rotatable bonds is 2. The first-order valence-corrected chi connectivity index (χ1v) is 7.27. The van der Waals surface area contributed by atoms with Gasteiger partial charge in [0.15, 0.2) is 0 Å². The first-order valence-electron chi connectivity index (χ1n) is 5.98. The number of piperidine rings is 1. The minimum absolute atomic E-state index is 0.166. The lowest BCUT2D eigenvalue weighted by Crippen LogP contribution is -2.48. The quantitative estimate of drug-likeness (QED) is 0.722. The van der Waals surface area contributed by atoms with Gasteiger partial charge in [-0.15, -0.1) is 0 Å². The average Bonchev–Trinajstić information content (AvgIpc) is 2.47. The fraction of sp³-hybridized carbons (Fsp3) is 0.917. The molecule has 0 N–H and O–H groups in total. The fourth-order valence-corrected chi connectivity index (χ4v) is 3.81. The molecule has 15 heavy (non-hydrogen) atoms. The summed E-state index contributed by atoms with van der Waals surface area (Å²) in [6.07, 6.45) is 7.11. The van der Waals surface area contributed by atoms with Crippen LogP contribution < -0.4 is 0 Å². The third-order valence-corrected chi connectivity index (χ3v) is 4.82. The van der Waals surface area contributed by atoms with Crippen LogP contribution in [0.2, 0.25) is 0 Å². The Balaban J connectivity index is 2.07. The number of hydrogen-bond donors (Lipinski definition) is 0. The zero-order valence-corrected chi connectivity index (χ0v) is 10.7. The molecule has 2 nitrogen and oxygen atoms in total. The second-order valence-electron chi connectivity index (χ2n) is 5.11. The summed E-state index contributed by atoms with van der Waals surface area (Å²) in [6.45, 7) is 4.03. The lowest BCUT2D eigenvalue weighted by molar-refractivity contribution is -0.138. The van der Waals surface area contributed by atoms with Crippen LogP contribution in [0.5, 0.6) is 0 Å². The third-order valence-electron chi connectivity index (χ3n) is 3.77. The van der Waals surface area contributed by atoms with E-state index in [0.717, 1.165) is 5.25 Å². The van der Waals surface area contributed by atoms with Crippen LogP contribution in [0.25, 0.3) is 0 Å². The van der Waals surface area contributed by atoms with Crippen LogP contribution in [0.15, 0.2) is 0 Å². The Labute approximate surface area is 96.8 Å². The Morgan fingerprint density at radius 2 is 1.80 bits per heavy atom. The highest BCUT2D eigenvalue weighted by molar-refractivity contribution is 7.99. The molecule has 0 spiro atoms. The van der Waals surface area contributed by atoms with Gasteiger partial charge in [-0.3, -0.25) is 4.79 Å². The summed E-state index contributed by atoms with van der Waals surface area (Å²) >= 11 is 1.98. The second kappa shape index (κ2) is 4.36. The van der Waals surface area contributed by atoms with Gasteiger partial charge in [0.2, 0.25) is 5.91 Å². The molecule has 0 aromatic rings. The van der Waals surface area contributed by atoms with E-state index in [0.29, 0.717) is 18.0 Å². The third kappa shape index (κ3) is 2.03. The zero-order chi connectivity index (χ0) is 11.0. The van der Waals surface area contributed by atoms with E-state index in [1.165, 1.54) is 25.7 Å². The Morgan fingerprint density at radius 3 is 2.20 bits per heavy atom. The van der Waals surface area contributed by atoms with Crippen molar-refractivity contribution in [1.82, 2.24) is 4.90 Å². The molecule has 3 heteroatoms. The molecule has 0 aromatic carbocycles. The van der Waals surface area contributed by atoms with E-state index in [4.69, 9.17) is 0 Å². The van der Waals surface area contributed by atoms with Crippen molar-refractivity contribution in [2.24, 2.45) is 5.92 Å². The zero-order valence-electron chi connectivity index (χ0n) is 9.90. The van der Waals surface area contributed by atoms with Gasteiger partial charge in [-0.1, -0.05) is 13.8 Å². The molecular formula is C12H21NOS. The van der Waals surface area contributed by atoms with Gasteiger partial charge < -0.3 is 4.90 Å². The SMILES string of the molecule is CSC1CC2CCC(C1)N2C(=O)C(C)C. The Bertz CT molecular complexity index is 240. The molecule has 2 rings (SSSR count). The second-order valence-corrected chi connectivity index (χ2v) is 6.25. The smallest absolute Gasteiger partial charge is 0.225 e. The monoisotopic (exact) mass is 227 g/mol. The van der Waals surface area contributed by atoms with Crippen molar-refractivity contribution in [1.29, 1.82) is 0 Å². The minimum atomic E-state index is 0.166. The molecular weight excluding hydrogens is 206 g/mol. The van der Waals surface area contributed by atoms with E-state index in [1.807, 2.05) is 25.6 Å². The number of fused-ring (bicyclic) bond motifs is 2. The van der Waals surface area contributed by atoms with Gasteiger partial charge >= 0.3 is 0 Å². The summed E-state index contributed by atoms with van der Waals surface area (Å²) in [4.78, 5) is 14.3. The molecule has 2 unspecified atom stereocenters. The number of thioether (sulfide) groups is 1. The normalized spacial score (nSPS) is 34.9. The molecule has 2 heterocycles. The topological polar surface area (TPSA) is 20.3 Å². The summed E-state index contributed by atoms with van der Waals surface area (Å²) in [7, 11) is 0. The van der Waals surface area contributed by atoms with Crippen molar-refractivity contribution in [3.63, 3.8) is 0 Å². The van der Waals surface area contributed by atoms with E-state index in [1.54, 1.807) is 0 Å². The number of hydrogen-bond acceptors (Lipinski definition) is 2. The number of nitrogens with zero attached hydrogens (tertiary/aromatic N) is 1. The highest BCUT2D eigenvalue weighted by atomic mass is 32.2. The van der Waals surface area contributed by atoms with Gasteiger partial charge in [0.25, 0.3) is 0 Å². The first-order chi connectivity index (χ1) is 7.13. The summed E-state index contributed by atoms with van der Waals surface area (Å²) < 4.78 is 0. The Morgan fingerprint density at radius 1 is 1.27 bits per heavy atom. The lowest BCUT2D eigenvalue weighted by atomic mass is 10.00. The largest absolute Gasteiger partial charge is 0.336 e. The van der Waals surface area contributed by atoms with Gasteiger partial charge in [-0.2, -0.15) is 11.8 Å². The van der Waals surface area contributed by atoms with Crippen LogP contribution >= 0.6 is 11.8 Å². The summed E-state index contributed by atoms with van der Waals surface area (Å²) in [6, 6.07) is 1.10. The van der Waals surface area contributed by atoms with E-state index < -0.39 is 0 Å². The van der Waals surface area contributed by atoms with Crippen molar-refractivity contribution in [2.75, 3.05) is 6.26 Å². The molecule has 0 aromatic heterocycles. The standard InChI is InChI=1S/C12H21NOS/c1-8(2)12(14)13-9-4-5-10(13)7-11(6-9)15-3/h8-11H,4-7H2,1-3H3. The maximum Gasteiger partial charge on any atom is 0.225 e. The van der Waals surface area contributed by atoms with Gasteiger partial charge in [-0.05, 0) is 31.9 Å². The van der Waals surface area contributed by atoms with Crippen molar-refractivity contribution >= 4 is 17.7 Å². The highest BCUT2D eigenvalue weighted by Crippen LogP contribution is 2.40. The minimum Gasteiger partial charge on any atom is -0.336 e. The van der Waals surface area contributed by atoms with Gasteiger partial charge in [-0.25, -0.2) is 0 Å². The average molecular weight is 227 g/mol. The predicted molar refractivity (Wildman–Crippen MR) is 65.0 cm³/mol. The Kier molecular flexibility index (Phi) is 3.29. The van der Waals surface area contributed by atoms with Gasteiger partial charge in [0, 0.05) is 23.3 Å². The lowest BCUT2D eigenvalue weighted by Gasteiger charge is -2.39. The maximum absolute atomic E-state index is 12.1. The first kappa shape index (κ1) is 11.3. The molecule has 86 valence electrons. The van der Waals surface area contributed by atoms with E-state index >= 15 is 0 Å². The van der Waals surface area contributed by atoms with Crippen LogP contribution in [0, 0.1) is 5.92 Å². The summed E-state index contributed by atoms with van der Waals surface area (Å²) in [5, 5.41) is 0.790. The molecule has 0 aliphatic carbocycles. The molecule has 2 aliphatic heterocycles. The summed E-state index contributed by atoms with van der Waals surface area (Å²) in [5.74, 6) is 0.543. The van der Waals surface area contributed by atoms with Crippen molar-refractivity contribution in [2.45, 2.75) is 56.9 Å². The van der Waals surface area contributed by atoms with E-state index in [9.17, 15) is 4.79 Å². The van der Waals surface area contributed by atoms with E-state index in [2.05, 4.69) is 11.2 Å². The maximum atomic E-state index is 12.1. The van der Waals surface area contributed by atoms with Crippen LogP contribution in [-0.4, -0.2) is 34.4 Å². The molecule has 2 bridgehead atoms. The number of carbonyl (C=O) groups is 1. The molecule has 2 fully saturated rings. The summed E-state index contributed by atoms with van der Waals surface area (Å²) in [5.41, 5.74) is 0. The van der Waals surface area contributed by atoms with Gasteiger partial charge in [0.1, 0.15) is 0 Å². The van der Waals surface area contributed by atoms with Crippen molar-refractivity contribution in [3.8, 4) is 0 Å². The fourth-order valence-electron chi connectivity index (χ4n) is 2.98. The number of carbonyl (C=O) groups excluding carboxylic acids is 1. The molecule has 2 saturated heterocycles. The van der Waals surface area contributed by atoms with Crippen molar-refractivity contribution in [3.05, 3.63) is 0 Å². The van der Waals surface area contributed by atoms with Crippen molar-refractivity contribution < 1.29 is 4.79 Å².